The zero-order valence-corrected chi connectivity index (χ0v) is 13.2. The minimum absolute atomic E-state index is 0.313. The van der Waals surface area contributed by atoms with Crippen LogP contribution < -0.4 is 10.5 Å². The molecule has 2 N–H and O–H groups in total. The fraction of sp³-hybridized carbons (Fsp3) is 0.267. The first-order valence-electron chi connectivity index (χ1n) is 6.69. The van der Waals surface area contributed by atoms with E-state index in [-0.39, 0.29) is 5.97 Å². The molecule has 0 saturated carbocycles. The molecule has 2 rings (SSSR count). The lowest BCUT2D eigenvalue weighted by Gasteiger charge is -2.07. The van der Waals surface area contributed by atoms with E-state index in [9.17, 15) is 4.79 Å². The molecule has 0 spiro atoms. The molecule has 0 aliphatic rings. The molecular formula is C15H17N3O3S. The highest BCUT2D eigenvalue weighted by molar-refractivity contribution is 7.98. The number of rotatable bonds is 6. The van der Waals surface area contributed by atoms with E-state index < -0.39 is 0 Å². The normalized spacial score (nSPS) is 10.3. The van der Waals surface area contributed by atoms with Crippen LogP contribution in [0.3, 0.4) is 0 Å². The minimum atomic E-state index is -0.313. The number of anilines is 1. The minimum Gasteiger partial charge on any atom is -0.479 e. The summed E-state index contributed by atoms with van der Waals surface area (Å²) in [7, 11) is 1.52. The second-order valence-electron chi connectivity index (χ2n) is 4.31. The zero-order chi connectivity index (χ0) is 15.9. The SMILES string of the molecule is CCOC(=O)c1ccc(CSc2ncnc(OC)c2N)cc1. The number of hydrogen-bond donors (Lipinski definition) is 1. The second kappa shape index (κ2) is 7.65. The van der Waals surface area contributed by atoms with Gasteiger partial charge in [0.15, 0.2) is 0 Å². The van der Waals surface area contributed by atoms with Crippen molar-refractivity contribution in [1.82, 2.24) is 9.97 Å². The molecule has 0 unspecified atom stereocenters. The van der Waals surface area contributed by atoms with Crippen molar-refractivity contribution in [2.75, 3.05) is 19.5 Å². The summed E-state index contributed by atoms with van der Waals surface area (Å²) < 4.78 is 10.0. The van der Waals surface area contributed by atoms with Crippen LogP contribution >= 0.6 is 11.8 Å². The molecular weight excluding hydrogens is 302 g/mol. The predicted molar refractivity (Wildman–Crippen MR) is 85.0 cm³/mol. The van der Waals surface area contributed by atoms with Gasteiger partial charge in [0.25, 0.3) is 0 Å². The quantitative estimate of drug-likeness (QED) is 0.497. The Labute approximate surface area is 133 Å². The van der Waals surface area contributed by atoms with Crippen LogP contribution in [0.4, 0.5) is 5.69 Å². The lowest BCUT2D eigenvalue weighted by molar-refractivity contribution is 0.0526. The first kappa shape index (κ1) is 16.1. The average molecular weight is 319 g/mol. The van der Waals surface area contributed by atoms with Crippen molar-refractivity contribution in [1.29, 1.82) is 0 Å². The maximum Gasteiger partial charge on any atom is 0.338 e. The van der Waals surface area contributed by atoms with E-state index in [1.54, 1.807) is 19.1 Å². The third-order valence-electron chi connectivity index (χ3n) is 2.84. The fourth-order valence-electron chi connectivity index (χ4n) is 1.75. The van der Waals surface area contributed by atoms with Crippen LogP contribution in [0.1, 0.15) is 22.8 Å². The summed E-state index contributed by atoms with van der Waals surface area (Å²) in [5.41, 5.74) is 7.94. The Morgan fingerprint density at radius 3 is 2.64 bits per heavy atom. The highest BCUT2D eigenvalue weighted by atomic mass is 32.2. The van der Waals surface area contributed by atoms with Gasteiger partial charge in [-0.05, 0) is 24.6 Å². The third kappa shape index (κ3) is 3.88. The Bertz CT molecular complexity index is 647. The van der Waals surface area contributed by atoms with E-state index in [2.05, 4.69) is 9.97 Å². The van der Waals surface area contributed by atoms with Gasteiger partial charge >= 0.3 is 5.97 Å². The number of hydrogen-bond acceptors (Lipinski definition) is 7. The summed E-state index contributed by atoms with van der Waals surface area (Å²) in [4.78, 5) is 19.7. The van der Waals surface area contributed by atoms with Gasteiger partial charge in [-0.3, -0.25) is 0 Å². The van der Waals surface area contributed by atoms with Gasteiger partial charge in [0, 0.05) is 5.75 Å². The molecule has 1 aromatic carbocycles. The molecule has 0 bridgehead atoms. The monoisotopic (exact) mass is 319 g/mol. The maximum absolute atomic E-state index is 11.6. The van der Waals surface area contributed by atoms with Gasteiger partial charge < -0.3 is 15.2 Å². The third-order valence-corrected chi connectivity index (χ3v) is 3.92. The zero-order valence-electron chi connectivity index (χ0n) is 12.4. The van der Waals surface area contributed by atoms with Crippen molar-refractivity contribution in [3.8, 4) is 5.88 Å². The predicted octanol–water partition coefficient (Wildman–Crippen LogP) is 2.54. The van der Waals surface area contributed by atoms with Gasteiger partial charge in [0.05, 0.1) is 19.3 Å². The molecule has 0 amide bonds. The molecule has 1 heterocycles. The first-order chi connectivity index (χ1) is 10.7. The smallest absolute Gasteiger partial charge is 0.338 e. The van der Waals surface area contributed by atoms with Gasteiger partial charge in [-0.15, -0.1) is 0 Å². The number of carbonyl (C=O) groups is 1. The van der Waals surface area contributed by atoms with Crippen molar-refractivity contribution in [2.45, 2.75) is 17.7 Å². The molecule has 0 saturated heterocycles. The van der Waals surface area contributed by atoms with Crippen LogP contribution in [0.15, 0.2) is 35.6 Å². The molecule has 116 valence electrons. The van der Waals surface area contributed by atoms with E-state index in [4.69, 9.17) is 15.2 Å². The summed E-state index contributed by atoms with van der Waals surface area (Å²) in [6.07, 6.45) is 1.42. The molecule has 0 radical (unpaired) electrons. The lowest BCUT2D eigenvalue weighted by Crippen LogP contribution is -2.04. The number of esters is 1. The van der Waals surface area contributed by atoms with Gasteiger partial charge in [-0.2, -0.15) is 4.98 Å². The van der Waals surface area contributed by atoms with Gasteiger partial charge in [0.1, 0.15) is 17.0 Å². The number of nitrogen functional groups attached to an aromatic ring is 1. The Balaban J connectivity index is 2.02. The van der Waals surface area contributed by atoms with Crippen LogP contribution in [-0.4, -0.2) is 29.7 Å². The molecule has 0 atom stereocenters. The summed E-state index contributed by atoms with van der Waals surface area (Å²) >= 11 is 1.48. The number of nitrogens with two attached hydrogens (primary N) is 1. The number of carbonyl (C=O) groups excluding carboxylic acids is 1. The van der Waals surface area contributed by atoms with Crippen LogP contribution in [-0.2, 0) is 10.5 Å². The van der Waals surface area contributed by atoms with Crippen LogP contribution in [0.5, 0.6) is 5.88 Å². The van der Waals surface area contributed by atoms with E-state index >= 15 is 0 Å². The second-order valence-corrected chi connectivity index (χ2v) is 5.27. The highest BCUT2D eigenvalue weighted by Gasteiger charge is 2.10. The summed E-state index contributed by atoms with van der Waals surface area (Å²) in [5, 5.41) is 0.668. The largest absolute Gasteiger partial charge is 0.479 e. The number of methoxy groups -OCH3 is 1. The van der Waals surface area contributed by atoms with Gasteiger partial charge in [0.2, 0.25) is 5.88 Å². The number of aromatic nitrogens is 2. The van der Waals surface area contributed by atoms with Crippen molar-refractivity contribution in [2.24, 2.45) is 0 Å². The lowest BCUT2D eigenvalue weighted by atomic mass is 10.1. The number of benzene rings is 1. The Morgan fingerprint density at radius 2 is 2.00 bits per heavy atom. The van der Waals surface area contributed by atoms with Crippen molar-refractivity contribution < 1.29 is 14.3 Å². The standard InChI is InChI=1S/C15H17N3O3S/c1-3-21-15(19)11-6-4-10(5-7-11)8-22-14-12(16)13(20-2)17-9-18-14/h4-7,9H,3,8,16H2,1-2H3. The molecule has 2 aromatic rings. The molecule has 7 heteroatoms. The van der Waals surface area contributed by atoms with Crippen molar-refractivity contribution in [3.05, 3.63) is 41.7 Å². The molecule has 0 aliphatic carbocycles. The molecule has 6 nitrogen and oxygen atoms in total. The van der Waals surface area contributed by atoms with Gasteiger partial charge in [-0.1, -0.05) is 23.9 Å². The summed E-state index contributed by atoms with van der Waals surface area (Å²) in [6.45, 7) is 2.15. The maximum atomic E-state index is 11.6. The average Bonchev–Trinajstić information content (AvgIpc) is 2.54. The summed E-state index contributed by atoms with van der Waals surface area (Å²) in [5.74, 6) is 0.731. The van der Waals surface area contributed by atoms with E-state index in [1.165, 1.54) is 25.2 Å². The van der Waals surface area contributed by atoms with E-state index in [0.717, 1.165) is 5.56 Å². The van der Waals surface area contributed by atoms with Crippen LogP contribution in [0.2, 0.25) is 0 Å². The Hall–Kier alpha value is -2.28. The van der Waals surface area contributed by atoms with Crippen LogP contribution in [0.25, 0.3) is 0 Å². The topological polar surface area (TPSA) is 87.3 Å². The molecule has 1 aromatic heterocycles. The van der Waals surface area contributed by atoms with Gasteiger partial charge in [-0.25, -0.2) is 9.78 Å². The first-order valence-corrected chi connectivity index (χ1v) is 7.67. The summed E-state index contributed by atoms with van der Waals surface area (Å²) in [6, 6.07) is 7.26. The van der Waals surface area contributed by atoms with E-state index in [1.807, 2.05) is 12.1 Å². The number of nitrogens with zero attached hydrogens (tertiary/aromatic N) is 2. The number of thioether (sulfide) groups is 1. The number of ether oxygens (including phenoxy) is 2. The van der Waals surface area contributed by atoms with Crippen molar-refractivity contribution in [3.63, 3.8) is 0 Å². The fourth-order valence-corrected chi connectivity index (χ4v) is 2.61. The Kier molecular flexibility index (Phi) is 5.60. The highest BCUT2D eigenvalue weighted by Crippen LogP contribution is 2.30. The van der Waals surface area contributed by atoms with E-state index in [0.29, 0.717) is 34.5 Å². The molecule has 0 aliphatic heterocycles. The van der Waals surface area contributed by atoms with Crippen molar-refractivity contribution >= 4 is 23.4 Å². The Morgan fingerprint density at radius 1 is 1.27 bits per heavy atom. The molecule has 0 fully saturated rings. The van der Waals surface area contributed by atoms with Crippen LogP contribution in [0, 0.1) is 0 Å². The molecule has 22 heavy (non-hydrogen) atoms.